The van der Waals surface area contributed by atoms with Crippen LogP contribution in [-0.2, 0) is 0 Å². The lowest BCUT2D eigenvalue weighted by Gasteiger charge is -2.10. The van der Waals surface area contributed by atoms with Crippen molar-refractivity contribution >= 4 is 34.0 Å². The lowest BCUT2D eigenvalue weighted by atomic mass is 10.3. The molecule has 22 heavy (non-hydrogen) atoms. The zero-order chi connectivity index (χ0) is 15.4. The van der Waals surface area contributed by atoms with Gasteiger partial charge in [0.25, 0.3) is 0 Å². The Balaban J connectivity index is 1.64. The van der Waals surface area contributed by atoms with Gasteiger partial charge in [0.2, 0.25) is 0 Å². The summed E-state index contributed by atoms with van der Waals surface area (Å²) in [4.78, 5) is 14.3. The van der Waals surface area contributed by atoms with E-state index in [0.29, 0.717) is 5.25 Å². The van der Waals surface area contributed by atoms with E-state index in [1.54, 1.807) is 23.1 Å². The molecule has 1 atom stereocenters. The normalized spacial score (nSPS) is 12.1. The summed E-state index contributed by atoms with van der Waals surface area (Å²) in [5.74, 6) is 0.809. The van der Waals surface area contributed by atoms with Crippen LogP contribution in [0.15, 0.2) is 53.0 Å². The minimum atomic E-state index is 0.295. The highest BCUT2D eigenvalue weighted by Crippen LogP contribution is 2.33. The molecule has 3 heterocycles. The number of hydrogen-bond donors (Lipinski definition) is 1. The monoisotopic (exact) mass is 328 g/mol. The highest BCUT2D eigenvalue weighted by atomic mass is 32.2. The van der Waals surface area contributed by atoms with Crippen LogP contribution in [0, 0.1) is 6.92 Å². The maximum Gasteiger partial charge on any atom is 0.188 e. The van der Waals surface area contributed by atoms with Gasteiger partial charge in [-0.05, 0) is 38.1 Å². The van der Waals surface area contributed by atoms with Crippen LogP contribution in [0.1, 0.15) is 23.6 Å². The average molecular weight is 328 g/mol. The molecule has 1 N–H and O–H groups in total. The third-order valence-corrected chi connectivity index (χ3v) is 4.99. The molecule has 0 amide bonds. The van der Waals surface area contributed by atoms with Crippen LogP contribution in [0.4, 0.5) is 10.9 Å². The topological polar surface area (TPSA) is 50.7 Å². The van der Waals surface area contributed by atoms with E-state index >= 15 is 0 Å². The smallest absolute Gasteiger partial charge is 0.188 e. The highest BCUT2D eigenvalue weighted by Gasteiger charge is 2.09. The summed E-state index contributed by atoms with van der Waals surface area (Å²) in [5, 5.41) is 6.39. The molecule has 0 aromatic carbocycles. The van der Waals surface area contributed by atoms with Crippen LogP contribution in [0.5, 0.6) is 0 Å². The van der Waals surface area contributed by atoms with Crippen LogP contribution in [-0.4, -0.2) is 15.0 Å². The standard InChI is InChI=1S/C16H16N4S2/c1-11-10-21-16(19-11)20-15-7-6-13(9-18-15)22-12(2)14-5-3-4-8-17-14/h3-10,12H,1-2H3,(H,18,19,20). The number of anilines is 2. The van der Waals surface area contributed by atoms with E-state index in [1.165, 1.54) is 0 Å². The van der Waals surface area contributed by atoms with Gasteiger partial charge in [-0.2, -0.15) is 0 Å². The molecule has 6 heteroatoms. The summed E-state index contributed by atoms with van der Waals surface area (Å²) in [6.07, 6.45) is 3.71. The van der Waals surface area contributed by atoms with E-state index in [9.17, 15) is 0 Å². The minimum absolute atomic E-state index is 0.295. The van der Waals surface area contributed by atoms with E-state index in [-0.39, 0.29) is 0 Å². The predicted octanol–water partition coefficient (Wildman–Crippen LogP) is 4.84. The lowest BCUT2D eigenvalue weighted by Crippen LogP contribution is -1.94. The summed E-state index contributed by atoms with van der Waals surface area (Å²) in [6, 6.07) is 10.0. The molecule has 0 aliphatic heterocycles. The van der Waals surface area contributed by atoms with E-state index in [1.807, 2.05) is 49.0 Å². The first-order valence-corrected chi connectivity index (χ1v) is 8.69. The highest BCUT2D eigenvalue weighted by molar-refractivity contribution is 7.99. The molecule has 0 bridgehead atoms. The first kappa shape index (κ1) is 15.0. The molecule has 0 fully saturated rings. The van der Waals surface area contributed by atoms with E-state index < -0.39 is 0 Å². The third kappa shape index (κ3) is 3.84. The molecular formula is C16H16N4S2. The molecule has 0 saturated heterocycles. The van der Waals surface area contributed by atoms with Gasteiger partial charge in [0.05, 0.1) is 11.4 Å². The van der Waals surface area contributed by atoms with Gasteiger partial charge in [-0.25, -0.2) is 9.97 Å². The second kappa shape index (κ2) is 6.89. The summed E-state index contributed by atoms with van der Waals surface area (Å²) in [7, 11) is 0. The largest absolute Gasteiger partial charge is 0.316 e. The van der Waals surface area contributed by atoms with Crippen LogP contribution in [0.2, 0.25) is 0 Å². The quantitative estimate of drug-likeness (QED) is 0.679. The van der Waals surface area contributed by atoms with Gasteiger partial charge in [-0.15, -0.1) is 23.1 Å². The van der Waals surface area contributed by atoms with Gasteiger partial charge in [-0.1, -0.05) is 6.07 Å². The SMILES string of the molecule is Cc1csc(Nc2ccc(SC(C)c3ccccn3)cn2)n1. The fourth-order valence-corrected chi connectivity index (χ4v) is 3.55. The number of thiazole rings is 1. The van der Waals surface area contributed by atoms with E-state index in [0.717, 1.165) is 27.2 Å². The fourth-order valence-electron chi connectivity index (χ4n) is 1.93. The van der Waals surface area contributed by atoms with Gasteiger partial charge in [0.1, 0.15) is 5.82 Å². The van der Waals surface area contributed by atoms with Crippen LogP contribution in [0.3, 0.4) is 0 Å². The maximum absolute atomic E-state index is 4.44. The zero-order valence-electron chi connectivity index (χ0n) is 12.4. The summed E-state index contributed by atoms with van der Waals surface area (Å²) >= 11 is 3.33. The van der Waals surface area contributed by atoms with Crippen molar-refractivity contribution in [3.63, 3.8) is 0 Å². The fraction of sp³-hybridized carbons (Fsp3) is 0.188. The van der Waals surface area contributed by atoms with Gasteiger partial charge in [-0.3, -0.25) is 4.98 Å². The van der Waals surface area contributed by atoms with Crippen molar-refractivity contribution in [1.82, 2.24) is 15.0 Å². The molecule has 0 spiro atoms. The van der Waals surface area contributed by atoms with Crippen molar-refractivity contribution in [2.75, 3.05) is 5.32 Å². The molecule has 4 nitrogen and oxygen atoms in total. The average Bonchev–Trinajstić information content (AvgIpc) is 2.95. The number of hydrogen-bond acceptors (Lipinski definition) is 6. The Labute approximate surface area is 138 Å². The van der Waals surface area contributed by atoms with Crippen molar-refractivity contribution < 1.29 is 0 Å². The molecule has 0 saturated carbocycles. The molecule has 3 rings (SSSR count). The first-order chi connectivity index (χ1) is 10.7. The lowest BCUT2D eigenvalue weighted by molar-refractivity contribution is 1.00. The summed E-state index contributed by atoms with van der Waals surface area (Å²) in [5.41, 5.74) is 2.09. The van der Waals surface area contributed by atoms with Crippen molar-refractivity contribution in [2.24, 2.45) is 0 Å². The van der Waals surface area contributed by atoms with Crippen LogP contribution in [0.25, 0.3) is 0 Å². The zero-order valence-corrected chi connectivity index (χ0v) is 14.0. The minimum Gasteiger partial charge on any atom is -0.316 e. The number of thioether (sulfide) groups is 1. The van der Waals surface area contributed by atoms with E-state index in [2.05, 4.69) is 33.3 Å². The number of aryl methyl sites for hydroxylation is 1. The molecule has 3 aromatic rings. The number of nitrogens with one attached hydrogen (secondary N) is 1. The molecular weight excluding hydrogens is 312 g/mol. The van der Waals surface area contributed by atoms with Crippen molar-refractivity contribution in [3.8, 4) is 0 Å². The maximum atomic E-state index is 4.44. The second-order valence-electron chi connectivity index (χ2n) is 4.81. The number of aromatic nitrogens is 3. The predicted molar refractivity (Wildman–Crippen MR) is 92.9 cm³/mol. The Bertz CT molecular complexity index is 725. The van der Waals surface area contributed by atoms with Gasteiger partial charge >= 0.3 is 0 Å². The molecule has 0 radical (unpaired) electrons. The van der Waals surface area contributed by atoms with Gasteiger partial charge in [0, 0.05) is 27.9 Å². The molecule has 112 valence electrons. The molecule has 0 aliphatic rings. The summed E-state index contributed by atoms with van der Waals surface area (Å²) in [6.45, 7) is 4.13. The van der Waals surface area contributed by atoms with Crippen molar-refractivity contribution in [1.29, 1.82) is 0 Å². The Hall–Kier alpha value is -1.92. The van der Waals surface area contributed by atoms with Crippen LogP contribution < -0.4 is 5.32 Å². The van der Waals surface area contributed by atoms with Gasteiger partial charge in [0.15, 0.2) is 5.13 Å². The Morgan fingerprint density at radius 2 is 2.09 bits per heavy atom. The number of rotatable bonds is 5. The Morgan fingerprint density at radius 3 is 2.73 bits per heavy atom. The van der Waals surface area contributed by atoms with Gasteiger partial charge < -0.3 is 5.32 Å². The first-order valence-electron chi connectivity index (χ1n) is 6.93. The second-order valence-corrected chi connectivity index (χ2v) is 7.09. The van der Waals surface area contributed by atoms with E-state index in [4.69, 9.17) is 0 Å². The third-order valence-electron chi connectivity index (χ3n) is 3.01. The van der Waals surface area contributed by atoms with Crippen LogP contribution >= 0.6 is 23.1 Å². The molecule has 3 aromatic heterocycles. The molecule has 0 aliphatic carbocycles. The Morgan fingerprint density at radius 1 is 1.18 bits per heavy atom. The number of pyridine rings is 2. The van der Waals surface area contributed by atoms with Crippen molar-refractivity contribution in [3.05, 3.63) is 59.5 Å². The summed E-state index contributed by atoms with van der Waals surface area (Å²) < 4.78 is 0. The molecule has 1 unspecified atom stereocenters. The Kier molecular flexibility index (Phi) is 4.70. The van der Waals surface area contributed by atoms with Crippen molar-refractivity contribution in [2.45, 2.75) is 24.0 Å². The number of nitrogens with zero attached hydrogens (tertiary/aromatic N) is 3.